The molecule has 4 heteroatoms. The lowest BCUT2D eigenvalue weighted by Crippen LogP contribution is -2.19. The zero-order valence-corrected chi connectivity index (χ0v) is 12.1. The molecule has 106 valence electrons. The van der Waals surface area contributed by atoms with Crippen LogP contribution in [0.15, 0.2) is 55.1 Å². The number of rotatable bonds is 4. The monoisotopic (exact) mass is 279 g/mol. The van der Waals surface area contributed by atoms with Crippen molar-refractivity contribution in [1.82, 2.24) is 15.3 Å². The molecule has 4 nitrogen and oxygen atoms in total. The molecule has 0 amide bonds. The van der Waals surface area contributed by atoms with Crippen molar-refractivity contribution in [3.63, 3.8) is 0 Å². The zero-order valence-electron chi connectivity index (χ0n) is 12.1. The molecule has 3 rings (SSSR count). The molecule has 2 heterocycles. The molecule has 1 unspecified atom stereocenters. The third-order valence-electron chi connectivity index (χ3n) is 3.65. The number of ether oxygens (including phenoxy) is 1. The first kappa shape index (κ1) is 13.5. The first-order chi connectivity index (χ1) is 10.3. The van der Waals surface area contributed by atoms with E-state index in [2.05, 4.69) is 27.4 Å². The third-order valence-corrected chi connectivity index (χ3v) is 3.65. The predicted octanol–water partition coefficient (Wildman–Crippen LogP) is 2.95. The van der Waals surface area contributed by atoms with Crippen molar-refractivity contribution in [1.29, 1.82) is 0 Å². The van der Waals surface area contributed by atoms with Crippen molar-refractivity contribution in [2.45, 2.75) is 6.04 Å². The topological polar surface area (TPSA) is 47.0 Å². The molecule has 0 saturated carbocycles. The van der Waals surface area contributed by atoms with Gasteiger partial charge in [-0.2, -0.15) is 0 Å². The van der Waals surface area contributed by atoms with Gasteiger partial charge in [-0.25, -0.2) is 0 Å². The highest BCUT2D eigenvalue weighted by Crippen LogP contribution is 2.32. The Bertz CT molecular complexity index is 752. The van der Waals surface area contributed by atoms with E-state index in [9.17, 15) is 0 Å². The van der Waals surface area contributed by atoms with Crippen LogP contribution in [0.3, 0.4) is 0 Å². The first-order valence-electron chi connectivity index (χ1n) is 6.83. The number of hydrogen-bond donors (Lipinski definition) is 1. The maximum Gasteiger partial charge on any atom is 0.142 e. The number of pyridine rings is 2. The lowest BCUT2D eigenvalue weighted by Gasteiger charge is -2.20. The molecule has 0 saturated heterocycles. The molecule has 1 aromatic carbocycles. The van der Waals surface area contributed by atoms with Gasteiger partial charge < -0.3 is 10.1 Å². The Morgan fingerprint density at radius 3 is 2.67 bits per heavy atom. The van der Waals surface area contributed by atoms with Crippen LogP contribution in [-0.2, 0) is 0 Å². The third kappa shape index (κ3) is 2.45. The molecule has 0 aliphatic carbocycles. The number of hydrogen-bond acceptors (Lipinski definition) is 4. The lowest BCUT2D eigenvalue weighted by atomic mass is 9.96. The Labute approximate surface area is 123 Å². The van der Waals surface area contributed by atoms with E-state index in [0.717, 1.165) is 22.3 Å². The molecule has 0 bridgehead atoms. The minimum absolute atomic E-state index is 0.00144. The summed E-state index contributed by atoms with van der Waals surface area (Å²) in [7, 11) is 3.60. The fourth-order valence-corrected chi connectivity index (χ4v) is 2.65. The highest BCUT2D eigenvalue weighted by Gasteiger charge is 2.18. The normalized spacial score (nSPS) is 12.3. The molecule has 0 aliphatic heterocycles. The van der Waals surface area contributed by atoms with Crippen molar-refractivity contribution >= 4 is 10.8 Å². The second kappa shape index (κ2) is 5.89. The Kier molecular flexibility index (Phi) is 3.79. The van der Waals surface area contributed by atoms with Gasteiger partial charge in [0.05, 0.1) is 19.3 Å². The number of methoxy groups -OCH3 is 1. The minimum atomic E-state index is 0.00144. The van der Waals surface area contributed by atoms with Gasteiger partial charge in [0.25, 0.3) is 0 Å². The Balaban J connectivity index is 2.19. The zero-order chi connectivity index (χ0) is 14.7. The Morgan fingerprint density at radius 1 is 1.00 bits per heavy atom. The van der Waals surface area contributed by atoms with Gasteiger partial charge in [0.2, 0.25) is 0 Å². The maximum atomic E-state index is 5.44. The van der Waals surface area contributed by atoms with Crippen molar-refractivity contribution in [3.8, 4) is 5.75 Å². The molecule has 0 fully saturated rings. The molecule has 21 heavy (non-hydrogen) atoms. The summed E-state index contributed by atoms with van der Waals surface area (Å²) in [6.45, 7) is 0. The molecule has 2 aromatic heterocycles. The highest BCUT2D eigenvalue weighted by molar-refractivity contribution is 5.85. The smallest absolute Gasteiger partial charge is 0.142 e. The van der Waals surface area contributed by atoms with E-state index in [4.69, 9.17) is 4.74 Å². The van der Waals surface area contributed by atoms with Crippen molar-refractivity contribution in [2.75, 3.05) is 14.2 Å². The van der Waals surface area contributed by atoms with E-state index < -0.39 is 0 Å². The van der Waals surface area contributed by atoms with E-state index in [0.29, 0.717) is 0 Å². The van der Waals surface area contributed by atoms with E-state index >= 15 is 0 Å². The molecular weight excluding hydrogens is 262 g/mol. The van der Waals surface area contributed by atoms with Crippen LogP contribution in [0.25, 0.3) is 10.8 Å². The van der Waals surface area contributed by atoms with Crippen LogP contribution in [0.5, 0.6) is 5.75 Å². The molecule has 0 aliphatic rings. The standard InChI is InChI=1S/C17H17N3O/c1-18-17(14-7-8-19-11-16(14)21-2)15-10-20-9-12-5-3-4-6-13(12)15/h3-11,17-18H,1-2H3. The number of nitrogens with one attached hydrogen (secondary N) is 1. The first-order valence-corrected chi connectivity index (χ1v) is 6.83. The molecule has 1 atom stereocenters. The fraction of sp³-hybridized carbons (Fsp3) is 0.176. The summed E-state index contributed by atoms with van der Waals surface area (Å²) >= 11 is 0. The average Bonchev–Trinajstić information content (AvgIpc) is 2.56. The van der Waals surface area contributed by atoms with E-state index in [-0.39, 0.29) is 6.04 Å². The Hall–Kier alpha value is -2.46. The molecule has 1 N–H and O–H groups in total. The van der Waals surface area contributed by atoms with Gasteiger partial charge in [0, 0.05) is 29.5 Å². The maximum absolute atomic E-state index is 5.44. The van der Waals surface area contributed by atoms with Gasteiger partial charge in [-0.15, -0.1) is 0 Å². The summed E-state index contributed by atoms with van der Waals surface area (Å²) < 4.78 is 5.44. The van der Waals surface area contributed by atoms with Gasteiger partial charge in [-0.3, -0.25) is 9.97 Å². The van der Waals surface area contributed by atoms with E-state index in [1.807, 2.05) is 37.6 Å². The van der Waals surface area contributed by atoms with Crippen LogP contribution >= 0.6 is 0 Å². The van der Waals surface area contributed by atoms with Gasteiger partial charge in [-0.05, 0) is 24.1 Å². The van der Waals surface area contributed by atoms with Gasteiger partial charge in [0.1, 0.15) is 5.75 Å². The van der Waals surface area contributed by atoms with Crippen LogP contribution in [0.2, 0.25) is 0 Å². The average molecular weight is 279 g/mol. The van der Waals surface area contributed by atoms with E-state index in [1.54, 1.807) is 19.5 Å². The van der Waals surface area contributed by atoms with Crippen molar-refractivity contribution < 1.29 is 4.74 Å². The molecule has 0 spiro atoms. The number of benzene rings is 1. The SMILES string of the molecule is CNC(c1ccncc1OC)c1cncc2ccccc12. The predicted molar refractivity (Wildman–Crippen MR) is 83.4 cm³/mol. The molecular formula is C17H17N3O. The van der Waals surface area contributed by atoms with Gasteiger partial charge >= 0.3 is 0 Å². The van der Waals surface area contributed by atoms with Crippen LogP contribution in [0.4, 0.5) is 0 Å². The fourth-order valence-electron chi connectivity index (χ4n) is 2.65. The Morgan fingerprint density at radius 2 is 1.86 bits per heavy atom. The second-order valence-electron chi connectivity index (χ2n) is 4.79. The second-order valence-corrected chi connectivity index (χ2v) is 4.79. The van der Waals surface area contributed by atoms with E-state index in [1.165, 1.54) is 5.39 Å². The summed E-state index contributed by atoms with van der Waals surface area (Å²) in [6, 6.07) is 10.2. The lowest BCUT2D eigenvalue weighted by molar-refractivity contribution is 0.403. The van der Waals surface area contributed by atoms with Crippen LogP contribution in [0, 0.1) is 0 Å². The quantitative estimate of drug-likeness (QED) is 0.797. The van der Waals surface area contributed by atoms with Crippen LogP contribution < -0.4 is 10.1 Å². The molecule has 0 radical (unpaired) electrons. The summed E-state index contributed by atoms with van der Waals surface area (Å²) in [5, 5.41) is 5.67. The van der Waals surface area contributed by atoms with Crippen molar-refractivity contribution in [2.24, 2.45) is 0 Å². The minimum Gasteiger partial charge on any atom is -0.495 e. The van der Waals surface area contributed by atoms with Gasteiger partial charge in [0.15, 0.2) is 0 Å². The molecule has 3 aromatic rings. The number of nitrogens with zero attached hydrogens (tertiary/aromatic N) is 2. The van der Waals surface area contributed by atoms with Gasteiger partial charge in [-0.1, -0.05) is 24.3 Å². The van der Waals surface area contributed by atoms with Crippen LogP contribution in [-0.4, -0.2) is 24.1 Å². The van der Waals surface area contributed by atoms with Crippen LogP contribution in [0.1, 0.15) is 17.2 Å². The number of aromatic nitrogens is 2. The van der Waals surface area contributed by atoms with Crippen molar-refractivity contribution in [3.05, 3.63) is 66.2 Å². The largest absolute Gasteiger partial charge is 0.495 e. The summed E-state index contributed by atoms with van der Waals surface area (Å²) in [5.74, 6) is 0.768. The highest BCUT2D eigenvalue weighted by atomic mass is 16.5. The summed E-state index contributed by atoms with van der Waals surface area (Å²) in [4.78, 5) is 8.49. The number of fused-ring (bicyclic) bond motifs is 1. The summed E-state index contributed by atoms with van der Waals surface area (Å²) in [5.41, 5.74) is 2.17. The summed E-state index contributed by atoms with van der Waals surface area (Å²) in [6.07, 6.45) is 7.30.